The number of hydrogen-bond acceptors (Lipinski definition) is 7. The zero-order valence-electron chi connectivity index (χ0n) is 13.7. The molecule has 8 nitrogen and oxygen atoms in total. The third kappa shape index (κ3) is 2.73. The van der Waals surface area contributed by atoms with Gasteiger partial charge in [-0.15, -0.1) is 4.73 Å². The molecule has 124 valence electrons. The van der Waals surface area contributed by atoms with Crippen LogP contribution in [0, 0.1) is 6.92 Å². The average Bonchev–Trinajstić information content (AvgIpc) is 2.57. The molecule has 0 spiro atoms. The summed E-state index contributed by atoms with van der Waals surface area (Å²) in [6.07, 6.45) is 3.05. The lowest BCUT2D eigenvalue weighted by atomic mass is 10.2. The Morgan fingerprint density at radius 1 is 1.29 bits per heavy atom. The second-order valence-electron chi connectivity index (χ2n) is 5.60. The largest absolute Gasteiger partial charge is 0.423 e. The second-order valence-corrected chi connectivity index (χ2v) is 5.60. The molecule has 0 atom stereocenters. The fourth-order valence-electron chi connectivity index (χ4n) is 2.60. The van der Waals surface area contributed by atoms with Crippen LogP contribution in [0.15, 0.2) is 35.5 Å². The Morgan fingerprint density at radius 3 is 2.83 bits per heavy atom. The predicted molar refractivity (Wildman–Crippen MR) is 91.6 cm³/mol. The lowest BCUT2D eigenvalue weighted by Gasteiger charge is -2.17. The van der Waals surface area contributed by atoms with E-state index in [2.05, 4.69) is 20.3 Å². The van der Waals surface area contributed by atoms with Crippen molar-refractivity contribution in [3.63, 3.8) is 0 Å². The number of hydrogen-bond donors (Lipinski definition) is 2. The molecular formula is C16H18N6O2. The number of aromatic nitrogens is 4. The Balaban J connectivity index is 2.03. The van der Waals surface area contributed by atoms with Gasteiger partial charge in [-0.3, -0.25) is 4.79 Å². The molecule has 0 unspecified atom stereocenters. The molecule has 8 heteroatoms. The van der Waals surface area contributed by atoms with Gasteiger partial charge < -0.3 is 15.4 Å². The lowest BCUT2D eigenvalue weighted by Crippen LogP contribution is -2.20. The van der Waals surface area contributed by atoms with Crippen LogP contribution in [0.1, 0.15) is 11.3 Å². The fourth-order valence-corrected chi connectivity index (χ4v) is 2.60. The van der Waals surface area contributed by atoms with E-state index in [1.807, 2.05) is 31.1 Å². The average molecular weight is 326 g/mol. The topological polar surface area (TPSA) is 96.2 Å². The Bertz CT molecular complexity index is 951. The van der Waals surface area contributed by atoms with Crippen LogP contribution < -0.4 is 15.8 Å². The van der Waals surface area contributed by atoms with E-state index < -0.39 is 5.56 Å². The maximum atomic E-state index is 11.9. The van der Waals surface area contributed by atoms with Crippen LogP contribution in [0.25, 0.3) is 11.0 Å². The van der Waals surface area contributed by atoms with Crippen molar-refractivity contribution in [1.82, 2.24) is 19.7 Å². The van der Waals surface area contributed by atoms with Gasteiger partial charge in [0.15, 0.2) is 5.65 Å². The van der Waals surface area contributed by atoms with Crippen molar-refractivity contribution in [3.8, 4) is 0 Å². The first-order chi connectivity index (χ1) is 11.5. The highest BCUT2D eigenvalue weighted by atomic mass is 16.5. The number of fused-ring (bicyclic) bond motifs is 1. The van der Waals surface area contributed by atoms with Crippen LogP contribution in [0.3, 0.4) is 0 Å². The van der Waals surface area contributed by atoms with Crippen LogP contribution in [0.5, 0.6) is 0 Å². The maximum Gasteiger partial charge on any atom is 0.286 e. The van der Waals surface area contributed by atoms with Gasteiger partial charge in [0.25, 0.3) is 5.56 Å². The highest BCUT2D eigenvalue weighted by molar-refractivity contribution is 5.90. The van der Waals surface area contributed by atoms with Gasteiger partial charge in [0, 0.05) is 38.5 Å². The molecule has 0 amide bonds. The minimum Gasteiger partial charge on any atom is -0.423 e. The van der Waals surface area contributed by atoms with E-state index >= 15 is 0 Å². The number of anilines is 2. The zero-order chi connectivity index (χ0) is 17.3. The van der Waals surface area contributed by atoms with Gasteiger partial charge in [-0.1, -0.05) is 6.07 Å². The summed E-state index contributed by atoms with van der Waals surface area (Å²) in [6, 6.07) is 5.17. The van der Waals surface area contributed by atoms with Crippen LogP contribution in [-0.2, 0) is 6.54 Å². The Labute approximate surface area is 138 Å². The summed E-state index contributed by atoms with van der Waals surface area (Å²) in [4.78, 5) is 26.4. The van der Waals surface area contributed by atoms with Gasteiger partial charge in [0.05, 0.1) is 16.8 Å². The van der Waals surface area contributed by atoms with E-state index in [1.165, 1.54) is 12.4 Å². The molecule has 3 rings (SSSR count). The number of rotatable bonds is 4. The molecule has 0 saturated heterocycles. The molecule has 0 radical (unpaired) electrons. The van der Waals surface area contributed by atoms with Crippen molar-refractivity contribution in [3.05, 3.63) is 52.3 Å². The molecule has 0 saturated carbocycles. The van der Waals surface area contributed by atoms with E-state index in [0.29, 0.717) is 28.0 Å². The quantitative estimate of drug-likeness (QED) is 0.700. The molecule has 0 aliphatic carbocycles. The summed E-state index contributed by atoms with van der Waals surface area (Å²) >= 11 is 0. The van der Waals surface area contributed by atoms with Crippen molar-refractivity contribution >= 4 is 22.5 Å². The molecule has 0 aromatic carbocycles. The highest BCUT2D eigenvalue weighted by Gasteiger charge is 2.13. The van der Waals surface area contributed by atoms with Crippen LogP contribution in [0.4, 0.5) is 11.5 Å². The van der Waals surface area contributed by atoms with Crippen LogP contribution in [0.2, 0.25) is 0 Å². The summed E-state index contributed by atoms with van der Waals surface area (Å²) in [5, 5.41) is 13.7. The second kappa shape index (κ2) is 6.15. The van der Waals surface area contributed by atoms with Crippen LogP contribution in [-0.4, -0.2) is 39.0 Å². The Kier molecular flexibility index (Phi) is 4.03. The molecule has 3 aromatic heterocycles. The predicted octanol–water partition coefficient (Wildman–Crippen LogP) is 1.41. The molecule has 0 bridgehead atoms. The van der Waals surface area contributed by atoms with Crippen molar-refractivity contribution in [2.45, 2.75) is 13.5 Å². The highest BCUT2D eigenvalue weighted by Crippen LogP contribution is 2.23. The van der Waals surface area contributed by atoms with Crippen molar-refractivity contribution < 1.29 is 5.21 Å². The maximum absolute atomic E-state index is 11.9. The van der Waals surface area contributed by atoms with Crippen molar-refractivity contribution in [1.29, 1.82) is 0 Å². The molecule has 0 aliphatic heterocycles. The van der Waals surface area contributed by atoms with Gasteiger partial charge in [-0.05, 0) is 13.0 Å². The molecule has 0 fully saturated rings. The zero-order valence-corrected chi connectivity index (χ0v) is 13.7. The fraction of sp³-hybridized carbons (Fsp3) is 0.250. The third-order valence-electron chi connectivity index (χ3n) is 3.72. The first kappa shape index (κ1) is 15.7. The number of nitrogens with zero attached hydrogens (tertiary/aromatic N) is 5. The number of nitrogens with one attached hydrogen (secondary N) is 1. The minimum atomic E-state index is -0.554. The summed E-state index contributed by atoms with van der Waals surface area (Å²) in [7, 11) is 3.85. The first-order valence-electron chi connectivity index (χ1n) is 7.40. The summed E-state index contributed by atoms with van der Waals surface area (Å²) < 4.78 is 0.532. The molecular weight excluding hydrogens is 308 g/mol. The van der Waals surface area contributed by atoms with E-state index in [9.17, 15) is 10.0 Å². The first-order valence-corrected chi connectivity index (χ1v) is 7.40. The standard InChI is InChI=1S/C16H18N6O2/c1-10-14-12(7-13(23)22(24)16(14)20-9-19-10)18-8-11-5-4-6-17-15(11)21(2)3/h4-7,9,18,24H,8H2,1-3H3. The number of aryl methyl sites for hydroxylation is 1. The molecule has 3 heterocycles. The van der Waals surface area contributed by atoms with Gasteiger partial charge >= 0.3 is 0 Å². The van der Waals surface area contributed by atoms with Crippen LogP contribution >= 0.6 is 0 Å². The van der Waals surface area contributed by atoms with Gasteiger partial charge in [0.1, 0.15) is 12.1 Å². The van der Waals surface area contributed by atoms with E-state index in [1.54, 1.807) is 13.1 Å². The van der Waals surface area contributed by atoms with Crippen molar-refractivity contribution in [2.24, 2.45) is 0 Å². The monoisotopic (exact) mass is 326 g/mol. The number of pyridine rings is 2. The van der Waals surface area contributed by atoms with Crippen molar-refractivity contribution in [2.75, 3.05) is 24.3 Å². The minimum absolute atomic E-state index is 0.177. The summed E-state index contributed by atoms with van der Waals surface area (Å²) in [5.41, 5.74) is 1.85. The summed E-state index contributed by atoms with van der Waals surface area (Å²) in [5.74, 6) is 0.845. The molecule has 24 heavy (non-hydrogen) atoms. The van der Waals surface area contributed by atoms with E-state index in [0.717, 1.165) is 11.4 Å². The van der Waals surface area contributed by atoms with E-state index in [-0.39, 0.29) is 5.65 Å². The summed E-state index contributed by atoms with van der Waals surface area (Å²) in [6.45, 7) is 2.27. The lowest BCUT2D eigenvalue weighted by molar-refractivity contribution is 0.186. The van der Waals surface area contributed by atoms with Gasteiger partial charge in [-0.25, -0.2) is 15.0 Å². The van der Waals surface area contributed by atoms with Gasteiger partial charge in [0.2, 0.25) is 0 Å². The Morgan fingerprint density at radius 2 is 2.08 bits per heavy atom. The molecule has 0 aliphatic rings. The Hall–Kier alpha value is -3.16. The van der Waals surface area contributed by atoms with Gasteiger partial charge in [-0.2, -0.15) is 0 Å². The molecule has 2 N–H and O–H groups in total. The smallest absolute Gasteiger partial charge is 0.286 e. The molecule has 3 aromatic rings. The third-order valence-corrected chi connectivity index (χ3v) is 3.72. The normalized spacial score (nSPS) is 10.8. The SMILES string of the molecule is Cc1ncnc2c1c(NCc1cccnc1N(C)C)cc(=O)n2O. The van der Waals surface area contributed by atoms with E-state index in [4.69, 9.17) is 0 Å².